The van der Waals surface area contributed by atoms with Crippen LogP contribution in [0.2, 0.25) is 0 Å². The van der Waals surface area contributed by atoms with Crippen LogP contribution in [0, 0.1) is 0 Å². The van der Waals surface area contributed by atoms with E-state index in [4.69, 9.17) is 0 Å². The van der Waals surface area contributed by atoms with Gasteiger partial charge in [-0.1, -0.05) is 11.8 Å². The van der Waals surface area contributed by atoms with Crippen molar-refractivity contribution in [3.8, 4) is 0 Å². The minimum atomic E-state index is 0.331. The SMILES string of the molecule is O=C1CCCN1CCCSc1nnc(C2CC2)n1C1CC1. The molecule has 3 aliphatic rings. The smallest absolute Gasteiger partial charge is 0.222 e. The van der Waals surface area contributed by atoms with Crippen molar-refractivity contribution >= 4 is 17.7 Å². The van der Waals surface area contributed by atoms with Crippen LogP contribution in [0.4, 0.5) is 0 Å². The molecule has 6 heteroatoms. The first-order valence-electron chi connectivity index (χ1n) is 8.18. The van der Waals surface area contributed by atoms with Crippen molar-refractivity contribution < 1.29 is 4.79 Å². The highest BCUT2D eigenvalue weighted by atomic mass is 32.2. The minimum absolute atomic E-state index is 0.331. The number of amides is 1. The number of thioether (sulfide) groups is 1. The van der Waals surface area contributed by atoms with E-state index < -0.39 is 0 Å². The van der Waals surface area contributed by atoms with Gasteiger partial charge in [-0.05, 0) is 38.5 Å². The second-order valence-electron chi connectivity index (χ2n) is 6.40. The predicted octanol–water partition coefficient (Wildman–Crippen LogP) is 2.60. The van der Waals surface area contributed by atoms with Crippen molar-refractivity contribution in [3.05, 3.63) is 5.82 Å². The normalized spacial score (nSPS) is 22.3. The van der Waals surface area contributed by atoms with Gasteiger partial charge in [0.15, 0.2) is 5.16 Å². The Morgan fingerprint density at radius 1 is 1.19 bits per heavy atom. The largest absolute Gasteiger partial charge is 0.343 e. The van der Waals surface area contributed by atoms with Gasteiger partial charge in [0.05, 0.1) is 0 Å². The molecular weight excluding hydrogens is 284 g/mol. The van der Waals surface area contributed by atoms with Crippen LogP contribution in [-0.2, 0) is 4.79 Å². The monoisotopic (exact) mass is 306 g/mol. The summed E-state index contributed by atoms with van der Waals surface area (Å²) in [6, 6.07) is 0.665. The fourth-order valence-electron chi connectivity index (χ4n) is 3.04. The quantitative estimate of drug-likeness (QED) is 0.574. The molecule has 3 fully saturated rings. The van der Waals surface area contributed by atoms with Crippen LogP contribution in [0.15, 0.2) is 5.16 Å². The fraction of sp³-hybridized carbons (Fsp3) is 0.800. The van der Waals surface area contributed by atoms with Crippen molar-refractivity contribution in [3.63, 3.8) is 0 Å². The average Bonchev–Trinajstić information content (AvgIpc) is 3.41. The third kappa shape index (κ3) is 2.96. The molecule has 4 rings (SSSR count). The number of hydrogen-bond acceptors (Lipinski definition) is 4. The third-order valence-electron chi connectivity index (χ3n) is 4.52. The molecule has 5 nitrogen and oxygen atoms in total. The number of hydrogen-bond donors (Lipinski definition) is 0. The van der Waals surface area contributed by atoms with Crippen molar-refractivity contribution in [1.82, 2.24) is 19.7 Å². The van der Waals surface area contributed by atoms with Crippen LogP contribution in [0.3, 0.4) is 0 Å². The molecule has 0 radical (unpaired) electrons. The summed E-state index contributed by atoms with van der Waals surface area (Å²) in [5.74, 6) is 3.26. The summed E-state index contributed by atoms with van der Waals surface area (Å²) in [4.78, 5) is 13.6. The lowest BCUT2D eigenvalue weighted by atomic mass is 10.4. The minimum Gasteiger partial charge on any atom is -0.343 e. The molecule has 2 aliphatic carbocycles. The molecular formula is C15H22N4OS. The van der Waals surface area contributed by atoms with Crippen LogP contribution < -0.4 is 0 Å². The lowest BCUT2D eigenvalue weighted by Gasteiger charge is -2.14. The van der Waals surface area contributed by atoms with E-state index in [0.717, 1.165) is 43.3 Å². The van der Waals surface area contributed by atoms with Gasteiger partial charge < -0.3 is 9.47 Å². The molecule has 2 heterocycles. The summed E-state index contributed by atoms with van der Waals surface area (Å²) in [5.41, 5.74) is 0. The first kappa shape index (κ1) is 13.6. The van der Waals surface area contributed by atoms with E-state index in [9.17, 15) is 4.79 Å². The third-order valence-corrected chi connectivity index (χ3v) is 5.55. The van der Waals surface area contributed by atoms with E-state index in [1.807, 2.05) is 16.7 Å². The molecule has 1 aliphatic heterocycles. The van der Waals surface area contributed by atoms with Crippen LogP contribution in [-0.4, -0.2) is 44.4 Å². The maximum atomic E-state index is 11.6. The molecule has 1 saturated heterocycles. The molecule has 0 spiro atoms. The Morgan fingerprint density at radius 2 is 2.05 bits per heavy atom. The zero-order chi connectivity index (χ0) is 14.2. The van der Waals surface area contributed by atoms with Gasteiger partial charge in [0.2, 0.25) is 5.91 Å². The number of carbonyl (C=O) groups excluding carboxylic acids is 1. The Bertz CT molecular complexity index is 536. The summed E-state index contributed by atoms with van der Waals surface area (Å²) < 4.78 is 2.41. The molecule has 1 amide bonds. The van der Waals surface area contributed by atoms with Crippen molar-refractivity contribution in [2.24, 2.45) is 0 Å². The van der Waals surface area contributed by atoms with Crippen molar-refractivity contribution in [1.29, 1.82) is 0 Å². The van der Waals surface area contributed by atoms with Crippen LogP contribution in [0.1, 0.15) is 62.7 Å². The van der Waals surface area contributed by atoms with Gasteiger partial charge in [0.1, 0.15) is 5.82 Å². The van der Waals surface area contributed by atoms with Crippen LogP contribution in [0.5, 0.6) is 0 Å². The molecule has 1 aromatic heterocycles. The van der Waals surface area contributed by atoms with Gasteiger partial charge in [-0.25, -0.2) is 0 Å². The van der Waals surface area contributed by atoms with E-state index >= 15 is 0 Å². The Kier molecular flexibility index (Phi) is 3.65. The highest BCUT2D eigenvalue weighted by molar-refractivity contribution is 7.99. The number of rotatable bonds is 7. The Balaban J connectivity index is 1.31. The van der Waals surface area contributed by atoms with Crippen molar-refractivity contribution in [2.75, 3.05) is 18.8 Å². The summed E-state index contributed by atoms with van der Waals surface area (Å²) in [7, 11) is 0. The van der Waals surface area contributed by atoms with Gasteiger partial charge >= 0.3 is 0 Å². The number of nitrogens with zero attached hydrogens (tertiary/aromatic N) is 4. The summed E-state index contributed by atoms with van der Waals surface area (Å²) in [6.07, 6.45) is 7.97. The Morgan fingerprint density at radius 3 is 2.71 bits per heavy atom. The first-order valence-corrected chi connectivity index (χ1v) is 9.17. The van der Waals surface area contributed by atoms with Gasteiger partial charge in [0.25, 0.3) is 0 Å². The van der Waals surface area contributed by atoms with Gasteiger partial charge in [0, 0.05) is 37.2 Å². The second-order valence-corrected chi connectivity index (χ2v) is 7.46. The Labute approximate surface area is 129 Å². The highest BCUT2D eigenvalue weighted by Gasteiger charge is 2.36. The molecule has 0 N–H and O–H groups in total. The fourth-order valence-corrected chi connectivity index (χ4v) is 3.98. The molecule has 0 aromatic carbocycles. The predicted molar refractivity (Wildman–Crippen MR) is 81.4 cm³/mol. The molecule has 0 atom stereocenters. The lowest BCUT2D eigenvalue weighted by Crippen LogP contribution is -2.25. The molecule has 0 bridgehead atoms. The number of likely N-dealkylation sites (tertiary alicyclic amines) is 1. The number of carbonyl (C=O) groups is 1. The first-order chi connectivity index (χ1) is 10.3. The Hall–Kier alpha value is -1.04. The van der Waals surface area contributed by atoms with Gasteiger partial charge in [-0.3, -0.25) is 4.79 Å². The summed E-state index contributed by atoms with van der Waals surface area (Å²) >= 11 is 1.82. The van der Waals surface area contributed by atoms with Crippen LogP contribution >= 0.6 is 11.8 Å². The van der Waals surface area contributed by atoms with E-state index in [0.29, 0.717) is 17.9 Å². The van der Waals surface area contributed by atoms with E-state index in [1.54, 1.807) is 0 Å². The van der Waals surface area contributed by atoms with Gasteiger partial charge in [-0.15, -0.1) is 10.2 Å². The maximum Gasteiger partial charge on any atom is 0.222 e. The molecule has 0 unspecified atom stereocenters. The standard InChI is InChI=1S/C15H22N4OS/c20-13-3-1-8-18(13)9-2-10-21-15-17-16-14(11-4-5-11)19(15)12-6-7-12/h11-12H,1-10H2. The van der Waals surface area contributed by atoms with E-state index in [-0.39, 0.29) is 0 Å². The van der Waals surface area contributed by atoms with E-state index in [2.05, 4.69) is 14.8 Å². The molecule has 2 saturated carbocycles. The zero-order valence-electron chi connectivity index (χ0n) is 12.3. The number of aromatic nitrogens is 3. The maximum absolute atomic E-state index is 11.6. The summed E-state index contributed by atoms with van der Waals surface area (Å²) in [6.45, 7) is 1.85. The van der Waals surface area contributed by atoms with Crippen LogP contribution in [0.25, 0.3) is 0 Å². The molecule has 21 heavy (non-hydrogen) atoms. The highest BCUT2D eigenvalue weighted by Crippen LogP contribution is 2.46. The van der Waals surface area contributed by atoms with Crippen molar-refractivity contribution in [2.45, 2.75) is 62.1 Å². The second kappa shape index (κ2) is 5.63. The zero-order valence-corrected chi connectivity index (χ0v) is 13.1. The molecule has 1 aromatic rings. The topological polar surface area (TPSA) is 51.0 Å². The average molecular weight is 306 g/mol. The van der Waals surface area contributed by atoms with Gasteiger partial charge in [-0.2, -0.15) is 0 Å². The lowest BCUT2D eigenvalue weighted by molar-refractivity contribution is -0.127. The molecule has 114 valence electrons. The summed E-state index contributed by atoms with van der Waals surface area (Å²) in [5, 5.41) is 9.96. The van der Waals surface area contributed by atoms with E-state index in [1.165, 1.54) is 31.5 Å².